The standard InChI is InChI=1S/C10H16F3NO/c1-7-3-4-14(8(2)5-7)9(15)6-10(11,12)13/h7-8H,3-6H2,1-2H3/t7-,8-/m1/s1. The van der Waals surface area contributed by atoms with Crippen molar-refractivity contribution in [2.45, 2.75) is 45.3 Å². The van der Waals surface area contributed by atoms with Crippen molar-refractivity contribution in [1.82, 2.24) is 4.90 Å². The number of hydrogen-bond donors (Lipinski definition) is 0. The van der Waals surface area contributed by atoms with Crippen molar-refractivity contribution >= 4 is 5.91 Å². The number of carbonyl (C=O) groups excluding carboxylic acids is 1. The fourth-order valence-corrected chi connectivity index (χ4v) is 2.05. The largest absolute Gasteiger partial charge is 0.397 e. The van der Waals surface area contributed by atoms with Gasteiger partial charge in [-0.15, -0.1) is 0 Å². The highest BCUT2D eigenvalue weighted by Crippen LogP contribution is 2.26. The Hall–Kier alpha value is -0.740. The lowest BCUT2D eigenvalue weighted by Crippen LogP contribution is -2.45. The molecule has 1 aliphatic rings. The Labute approximate surface area is 87.4 Å². The lowest BCUT2D eigenvalue weighted by atomic mass is 9.93. The Balaban J connectivity index is 2.53. The van der Waals surface area contributed by atoms with Gasteiger partial charge in [0.25, 0.3) is 0 Å². The summed E-state index contributed by atoms with van der Waals surface area (Å²) in [5, 5.41) is 0. The van der Waals surface area contributed by atoms with Crippen molar-refractivity contribution in [3.05, 3.63) is 0 Å². The lowest BCUT2D eigenvalue weighted by molar-refractivity contribution is -0.164. The maximum atomic E-state index is 12.0. The average molecular weight is 223 g/mol. The van der Waals surface area contributed by atoms with Crippen LogP contribution >= 0.6 is 0 Å². The first-order valence-corrected chi connectivity index (χ1v) is 5.16. The first-order valence-electron chi connectivity index (χ1n) is 5.16. The van der Waals surface area contributed by atoms with Gasteiger partial charge in [-0.05, 0) is 25.7 Å². The third-order valence-electron chi connectivity index (χ3n) is 2.81. The molecule has 0 unspecified atom stereocenters. The molecule has 1 saturated heterocycles. The Morgan fingerprint density at radius 2 is 2.00 bits per heavy atom. The third kappa shape index (κ3) is 3.72. The van der Waals surface area contributed by atoms with Gasteiger partial charge in [-0.2, -0.15) is 13.2 Å². The maximum absolute atomic E-state index is 12.0. The number of likely N-dealkylation sites (tertiary alicyclic amines) is 1. The maximum Gasteiger partial charge on any atom is 0.397 e. The number of carbonyl (C=O) groups is 1. The second-order valence-corrected chi connectivity index (χ2v) is 4.36. The summed E-state index contributed by atoms with van der Waals surface area (Å²) in [7, 11) is 0. The zero-order valence-electron chi connectivity index (χ0n) is 8.97. The van der Waals surface area contributed by atoms with E-state index in [1.54, 1.807) is 0 Å². The molecule has 1 heterocycles. The number of hydrogen-bond acceptors (Lipinski definition) is 1. The summed E-state index contributed by atoms with van der Waals surface area (Å²) in [5.41, 5.74) is 0. The summed E-state index contributed by atoms with van der Waals surface area (Å²) in [5.74, 6) is -0.295. The molecule has 1 aliphatic heterocycles. The zero-order valence-corrected chi connectivity index (χ0v) is 8.97. The minimum atomic E-state index is -4.39. The van der Waals surface area contributed by atoms with Crippen molar-refractivity contribution in [1.29, 1.82) is 0 Å². The molecule has 2 nitrogen and oxygen atoms in total. The highest BCUT2D eigenvalue weighted by Gasteiger charge is 2.36. The average Bonchev–Trinajstić information content (AvgIpc) is 1.99. The fraction of sp³-hybridized carbons (Fsp3) is 0.900. The molecule has 0 aromatic rings. The molecule has 1 amide bonds. The highest BCUT2D eigenvalue weighted by atomic mass is 19.4. The molecule has 0 N–H and O–H groups in total. The van der Waals surface area contributed by atoms with Gasteiger partial charge in [0.05, 0.1) is 0 Å². The molecule has 15 heavy (non-hydrogen) atoms. The van der Waals surface area contributed by atoms with E-state index in [0.29, 0.717) is 12.5 Å². The summed E-state index contributed by atoms with van der Waals surface area (Å²) in [6.45, 7) is 4.32. The minimum absolute atomic E-state index is 0.0661. The molecule has 2 atom stereocenters. The van der Waals surface area contributed by atoms with Gasteiger partial charge >= 0.3 is 6.18 Å². The molecule has 0 spiro atoms. The SMILES string of the molecule is C[C@@H]1CCN(C(=O)CC(F)(F)F)[C@H](C)C1. The minimum Gasteiger partial charge on any atom is -0.340 e. The molecule has 5 heteroatoms. The van der Waals surface area contributed by atoms with E-state index >= 15 is 0 Å². The molecule has 0 aliphatic carbocycles. The second-order valence-electron chi connectivity index (χ2n) is 4.36. The van der Waals surface area contributed by atoms with Crippen LogP contribution in [0.5, 0.6) is 0 Å². The summed E-state index contributed by atoms with van der Waals surface area (Å²) in [6.07, 6.45) is -4.12. The highest BCUT2D eigenvalue weighted by molar-refractivity contribution is 5.77. The van der Waals surface area contributed by atoms with Gasteiger partial charge in [0.2, 0.25) is 5.91 Å². The molecule has 1 rings (SSSR count). The van der Waals surface area contributed by atoms with E-state index in [1.807, 2.05) is 6.92 Å². The number of piperidine rings is 1. The predicted octanol–water partition coefficient (Wildman–Crippen LogP) is 2.59. The third-order valence-corrected chi connectivity index (χ3v) is 2.81. The van der Waals surface area contributed by atoms with E-state index in [-0.39, 0.29) is 6.04 Å². The molecule has 88 valence electrons. The van der Waals surface area contributed by atoms with Crippen LogP contribution in [0.25, 0.3) is 0 Å². The van der Waals surface area contributed by atoms with Gasteiger partial charge in [-0.3, -0.25) is 4.79 Å². The van der Waals surface area contributed by atoms with E-state index in [4.69, 9.17) is 0 Å². The molecular weight excluding hydrogens is 207 g/mol. The van der Waals surface area contributed by atoms with Gasteiger partial charge in [0.1, 0.15) is 6.42 Å². The van der Waals surface area contributed by atoms with Crippen LogP contribution in [0.4, 0.5) is 13.2 Å². The van der Waals surface area contributed by atoms with E-state index in [2.05, 4.69) is 6.92 Å². The van der Waals surface area contributed by atoms with E-state index in [1.165, 1.54) is 4.90 Å². The Kier molecular flexibility index (Phi) is 3.62. The number of nitrogens with zero attached hydrogens (tertiary/aromatic N) is 1. The Morgan fingerprint density at radius 1 is 1.40 bits per heavy atom. The van der Waals surface area contributed by atoms with Crippen LogP contribution in [-0.2, 0) is 4.79 Å². The van der Waals surface area contributed by atoms with Crippen LogP contribution in [0.1, 0.15) is 33.1 Å². The molecule has 0 aromatic heterocycles. The molecule has 0 radical (unpaired) electrons. The van der Waals surface area contributed by atoms with Crippen molar-refractivity contribution in [2.24, 2.45) is 5.92 Å². The van der Waals surface area contributed by atoms with Crippen LogP contribution in [0.15, 0.2) is 0 Å². The van der Waals surface area contributed by atoms with Crippen molar-refractivity contribution in [2.75, 3.05) is 6.54 Å². The van der Waals surface area contributed by atoms with Crippen molar-refractivity contribution in [3.63, 3.8) is 0 Å². The molecule has 0 aromatic carbocycles. The van der Waals surface area contributed by atoms with Crippen molar-refractivity contribution in [3.8, 4) is 0 Å². The molecule has 0 saturated carbocycles. The summed E-state index contributed by atoms with van der Waals surface area (Å²) in [6, 6.07) is -0.0661. The van der Waals surface area contributed by atoms with Gasteiger partial charge in [-0.25, -0.2) is 0 Å². The van der Waals surface area contributed by atoms with E-state index < -0.39 is 18.5 Å². The number of alkyl halides is 3. The summed E-state index contributed by atoms with van der Waals surface area (Å²) >= 11 is 0. The first-order chi connectivity index (χ1) is 6.79. The lowest BCUT2D eigenvalue weighted by Gasteiger charge is -2.36. The van der Waals surface area contributed by atoms with Crippen LogP contribution in [0.3, 0.4) is 0 Å². The Bertz CT molecular complexity index is 239. The zero-order chi connectivity index (χ0) is 11.6. The smallest absolute Gasteiger partial charge is 0.340 e. The number of amides is 1. The van der Waals surface area contributed by atoms with Crippen LogP contribution in [0.2, 0.25) is 0 Å². The summed E-state index contributed by atoms with van der Waals surface area (Å²) < 4.78 is 36.1. The predicted molar refractivity (Wildman–Crippen MR) is 50.2 cm³/mol. The van der Waals surface area contributed by atoms with E-state index in [0.717, 1.165) is 12.8 Å². The quantitative estimate of drug-likeness (QED) is 0.669. The molecule has 0 bridgehead atoms. The van der Waals surface area contributed by atoms with Gasteiger partial charge in [0, 0.05) is 12.6 Å². The monoisotopic (exact) mass is 223 g/mol. The van der Waals surface area contributed by atoms with Gasteiger partial charge in [-0.1, -0.05) is 6.92 Å². The topological polar surface area (TPSA) is 20.3 Å². The van der Waals surface area contributed by atoms with Gasteiger partial charge in [0.15, 0.2) is 0 Å². The van der Waals surface area contributed by atoms with Gasteiger partial charge < -0.3 is 4.90 Å². The molecular formula is C10H16F3NO. The number of rotatable bonds is 1. The fourth-order valence-electron chi connectivity index (χ4n) is 2.05. The number of halogens is 3. The molecule has 1 fully saturated rings. The van der Waals surface area contributed by atoms with Crippen LogP contribution < -0.4 is 0 Å². The first kappa shape index (κ1) is 12.3. The van der Waals surface area contributed by atoms with Crippen LogP contribution in [0, 0.1) is 5.92 Å². The Morgan fingerprint density at radius 3 is 2.47 bits per heavy atom. The van der Waals surface area contributed by atoms with Crippen LogP contribution in [-0.4, -0.2) is 29.6 Å². The second kappa shape index (κ2) is 4.41. The summed E-state index contributed by atoms with van der Waals surface area (Å²) in [4.78, 5) is 12.7. The van der Waals surface area contributed by atoms with E-state index in [9.17, 15) is 18.0 Å². The van der Waals surface area contributed by atoms with Crippen molar-refractivity contribution < 1.29 is 18.0 Å². The normalized spacial score (nSPS) is 27.9.